The zero-order valence-electron chi connectivity index (χ0n) is 51.5. The number of hydrogen-bond donors (Lipinski definition) is 6. The first-order valence-corrected chi connectivity index (χ1v) is 33.8. The third-order valence-corrected chi connectivity index (χ3v) is 16.0. The number of esters is 1. The molecule has 1 fully saturated rings. The number of nitrogens with one attached hydrogen (secondary N) is 1. The lowest BCUT2D eigenvalue weighted by atomic mass is 9.99. The Hall–Kier alpha value is -2.12. The van der Waals surface area contributed by atoms with Crippen LogP contribution in [0.15, 0.2) is 36.5 Å². The lowest BCUT2D eigenvalue weighted by Crippen LogP contribution is -2.61. The van der Waals surface area contributed by atoms with E-state index in [1.54, 1.807) is 6.08 Å². The fourth-order valence-electron chi connectivity index (χ4n) is 10.6. The highest BCUT2D eigenvalue weighted by Gasteiger charge is 2.47. The second-order valence-corrected chi connectivity index (χ2v) is 23.6. The first kappa shape index (κ1) is 74.9. The SMILES string of the molecule is CCCCCC/C=C\CCCCCCCCCC(=O)OC1C(OCC(NC(=O)C(O)CCCCCCCCCCCCCCCC/C=C/CCCCCCCC)C(O)/C=C/CCCCCCCCCCC)OC(CO)C(O)C1O. The van der Waals surface area contributed by atoms with E-state index >= 15 is 0 Å². The number of unbranched alkanes of at least 4 members (excludes halogenated alkanes) is 40. The Bertz CT molecular complexity index is 1420. The Morgan fingerprint density at radius 3 is 1.24 bits per heavy atom. The molecule has 8 atom stereocenters. The van der Waals surface area contributed by atoms with Gasteiger partial charge in [-0.2, -0.15) is 0 Å². The molecule has 464 valence electrons. The summed E-state index contributed by atoms with van der Waals surface area (Å²) in [4.78, 5) is 26.6. The standard InChI is InChI=1S/C68H127NO10/c1-4-7-10-13-16-19-22-24-26-27-28-29-30-31-32-33-34-36-37-40-43-46-49-52-55-61(72)67(76)69-59(60(71)54-51-48-45-42-39-21-18-15-12-9-6-3)58-77-68-66(65(75)64(74)62(57-70)78-68)79-63(73)56-53-50-47-44-41-38-35-25-23-20-17-14-11-8-5-2/h20,23-24,26,51,54,59-62,64-66,68,70-72,74-75H,4-19,21-22,25,27-50,52-53,55-58H2,1-3H3,(H,69,76)/b23-20-,26-24+,54-51+. The molecule has 0 aromatic carbocycles. The van der Waals surface area contributed by atoms with Crippen LogP contribution < -0.4 is 5.32 Å². The summed E-state index contributed by atoms with van der Waals surface area (Å²) in [5.41, 5.74) is 0. The molecule has 0 radical (unpaired) electrons. The van der Waals surface area contributed by atoms with E-state index in [2.05, 4.69) is 50.4 Å². The summed E-state index contributed by atoms with van der Waals surface area (Å²) in [6.07, 6.45) is 57.6. The van der Waals surface area contributed by atoms with Crippen LogP contribution in [0.1, 0.15) is 323 Å². The fraction of sp³-hybridized carbons (Fsp3) is 0.882. The number of carbonyl (C=O) groups excluding carboxylic acids is 2. The summed E-state index contributed by atoms with van der Waals surface area (Å²) in [6.45, 7) is 5.79. The molecule has 0 spiro atoms. The van der Waals surface area contributed by atoms with Crippen LogP contribution in [0.2, 0.25) is 0 Å². The quantitative estimate of drug-likeness (QED) is 0.0195. The van der Waals surface area contributed by atoms with Crippen molar-refractivity contribution in [2.24, 2.45) is 0 Å². The average molecular weight is 1120 g/mol. The van der Waals surface area contributed by atoms with Gasteiger partial charge in [0.15, 0.2) is 12.4 Å². The van der Waals surface area contributed by atoms with Gasteiger partial charge in [-0.05, 0) is 77.0 Å². The van der Waals surface area contributed by atoms with Crippen molar-refractivity contribution >= 4 is 11.9 Å². The van der Waals surface area contributed by atoms with Gasteiger partial charge in [0.05, 0.1) is 25.4 Å². The summed E-state index contributed by atoms with van der Waals surface area (Å²) < 4.78 is 17.6. The molecular weight excluding hydrogens is 991 g/mol. The molecule has 11 nitrogen and oxygen atoms in total. The van der Waals surface area contributed by atoms with Crippen molar-refractivity contribution in [2.75, 3.05) is 13.2 Å². The zero-order valence-corrected chi connectivity index (χ0v) is 51.5. The molecule has 1 aliphatic heterocycles. The Labute approximate surface area is 485 Å². The number of ether oxygens (including phenoxy) is 3. The molecule has 11 heteroatoms. The van der Waals surface area contributed by atoms with Gasteiger partial charge in [0, 0.05) is 6.42 Å². The smallest absolute Gasteiger partial charge is 0.306 e. The van der Waals surface area contributed by atoms with Gasteiger partial charge in [0.25, 0.3) is 0 Å². The molecule has 0 aromatic heterocycles. The first-order chi connectivity index (χ1) is 38.7. The third-order valence-electron chi connectivity index (χ3n) is 16.0. The Morgan fingerprint density at radius 2 is 0.835 bits per heavy atom. The van der Waals surface area contributed by atoms with Crippen molar-refractivity contribution in [1.29, 1.82) is 0 Å². The summed E-state index contributed by atoms with van der Waals surface area (Å²) >= 11 is 0. The molecule has 1 amide bonds. The van der Waals surface area contributed by atoms with Crippen molar-refractivity contribution in [3.05, 3.63) is 36.5 Å². The number of carbonyl (C=O) groups is 2. The van der Waals surface area contributed by atoms with Gasteiger partial charge >= 0.3 is 5.97 Å². The van der Waals surface area contributed by atoms with Crippen LogP contribution in [0.4, 0.5) is 0 Å². The van der Waals surface area contributed by atoms with Crippen molar-refractivity contribution < 1.29 is 49.3 Å². The third kappa shape index (κ3) is 44.1. The predicted molar refractivity (Wildman–Crippen MR) is 329 cm³/mol. The molecule has 0 bridgehead atoms. The highest BCUT2D eigenvalue weighted by atomic mass is 16.7. The van der Waals surface area contributed by atoms with E-state index in [-0.39, 0.29) is 13.0 Å². The minimum atomic E-state index is -1.61. The molecule has 8 unspecified atom stereocenters. The summed E-state index contributed by atoms with van der Waals surface area (Å²) in [6, 6.07) is -1.02. The minimum absolute atomic E-state index is 0.121. The van der Waals surface area contributed by atoms with Gasteiger partial charge in [0.1, 0.15) is 24.4 Å². The van der Waals surface area contributed by atoms with E-state index in [1.807, 2.05) is 6.08 Å². The summed E-state index contributed by atoms with van der Waals surface area (Å²) in [5.74, 6) is -1.19. The normalized spacial score (nSPS) is 19.0. The minimum Gasteiger partial charge on any atom is -0.454 e. The average Bonchev–Trinajstić information content (AvgIpc) is 3.47. The van der Waals surface area contributed by atoms with Gasteiger partial charge in [-0.3, -0.25) is 9.59 Å². The lowest BCUT2D eigenvalue weighted by molar-refractivity contribution is -0.305. The summed E-state index contributed by atoms with van der Waals surface area (Å²) in [7, 11) is 0. The topological polar surface area (TPSA) is 175 Å². The Balaban J connectivity index is 2.57. The molecule has 0 aromatic rings. The molecule has 1 rings (SSSR count). The second-order valence-electron chi connectivity index (χ2n) is 23.6. The number of amides is 1. The van der Waals surface area contributed by atoms with Crippen LogP contribution in [0, 0.1) is 0 Å². The number of aliphatic hydroxyl groups excluding tert-OH is 5. The molecule has 0 saturated carbocycles. The number of allylic oxidation sites excluding steroid dienone is 5. The van der Waals surface area contributed by atoms with Gasteiger partial charge in [-0.25, -0.2) is 0 Å². The first-order valence-electron chi connectivity index (χ1n) is 33.8. The number of aliphatic hydroxyl groups is 5. The Kier molecular flexibility index (Phi) is 53.4. The number of rotatable bonds is 58. The molecule has 0 aliphatic carbocycles. The van der Waals surface area contributed by atoms with Gasteiger partial charge in [0.2, 0.25) is 5.91 Å². The summed E-state index contributed by atoms with van der Waals surface area (Å²) in [5, 5.41) is 57.1. The van der Waals surface area contributed by atoms with Crippen molar-refractivity contribution in [1.82, 2.24) is 5.32 Å². The van der Waals surface area contributed by atoms with Crippen molar-refractivity contribution in [3.63, 3.8) is 0 Å². The lowest BCUT2D eigenvalue weighted by Gasteiger charge is -2.41. The zero-order chi connectivity index (χ0) is 57.5. The van der Waals surface area contributed by atoms with E-state index in [0.29, 0.717) is 19.3 Å². The predicted octanol–water partition coefficient (Wildman–Crippen LogP) is 16.6. The van der Waals surface area contributed by atoms with E-state index in [4.69, 9.17) is 14.2 Å². The van der Waals surface area contributed by atoms with Gasteiger partial charge in [-0.15, -0.1) is 0 Å². The fourth-order valence-corrected chi connectivity index (χ4v) is 10.6. The maximum Gasteiger partial charge on any atom is 0.306 e. The second kappa shape index (κ2) is 56.4. The number of hydrogen-bond acceptors (Lipinski definition) is 10. The van der Waals surface area contributed by atoms with E-state index in [0.717, 1.165) is 70.6 Å². The van der Waals surface area contributed by atoms with Crippen LogP contribution >= 0.6 is 0 Å². The highest BCUT2D eigenvalue weighted by Crippen LogP contribution is 2.26. The van der Waals surface area contributed by atoms with E-state index in [9.17, 15) is 35.1 Å². The van der Waals surface area contributed by atoms with Gasteiger partial charge < -0.3 is 45.1 Å². The monoisotopic (exact) mass is 1120 g/mol. The molecule has 1 heterocycles. The van der Waals surface area contributed by atoms with E-state index in [1.165, 1.54) is 205 Å². The largest absolute Gasteiger partial charge is 0.454 e. The molecule has 1 aliphatic rings. The van der Waals surface area contributed by atoms with Crippen LogP contribution in [0.3, 0.4) is 0 Å². The highest BCUT2D eigenvalue weighted by molar-refractivity contribution is 5.80. The van der Waals surface area contributed by atoms with Crippen molar-refractivity contribution in [2.45, 2.75) is 372 Å². The maximum atomic E-state index is 13.5. The molecule has 1 saturated heterocycles. The molecule has 79 heavy (non-hydrogen) atoms. The Morgan fingerprint density at radius 1 is 0.481 bits per heavy atom. The van der Waals surface area contributed by atoms with Crippen LogP contribution in [0.5, 0.6) is 0 Å². The van der Waals surface area contributed by atoms with E-state index < -0.39 is 67.4 Å². The van der Waals surface area contributed by atoms with Crippen LogP contribution in [0.25, 0.3) is 0 Å². The maximum absolute atomic E-state index is 13.5. The molecular formula is C68H127NO10. The van der Waals surface area contributed by atoms with Crippen molar-refractivity contribution in [3.8, 4) is 0 Å². The van der Waals surface area contributed by atoms with Gasteiger partial charge in [-0.1, -0.05) is 276 Å². The molecule has 6 N–H and O–H groups in total. The van der Waals surface area contributed by atoms with Crippen LogP contribution in [-0.2, 0) is 23.8 Å². The van der Waals surface area contributed by atoms with Crippen LogP contribution in [-0.4, -0.2) is 99.6 Å².